The largest absolute Gasteiger partial charge is 0.508 e. The van der Waals surface area contributed by atoms with Crippen LogP contribution in [0, 0.1) is 3.95 Å². The van der Waals surface area contributed by atoms with Crippen LogP contribution in [0.4, 0.5) is 0 Å². The number of aromatic nitrogens is 1. The summed E-state index contributed by atoms with van der Waals surface area (Å²) in [6, 6.07) is 10.9. The van der Waals surface area contributed by atoms with Crippen molar-refractivity contribution in [3.63, 3.8) is 0 Å². The number of rotatable bonds is 6. The highest BCUT2D eigenvalue weighted by Gasteiger charge is 2.16. The second-order valence-electron chi connectivity index (χ2n) is 5.55. The third-order valence-electron chi connectivity index (χ3n) is 4.02. The average molecular weight is 389 g/mol. The summed E-state index contributed by atoms with van der Waals surface area (Å²) >= 11 is 7.01. The van der Waals surface area contributed by atoms with E-state index >= 15 is 0 Å². The fourth-order valence-electron chi connectivity index (χ4n) is 2.72. The first-order valence-corrected chi connectivity index (χ1v) is 9.12. The van der Waals surface area contributed by atoms with E-state index in [4.69, 9.17) is 26.4 Å². The summed E-state index contributed by atoms with van der Waals surface area (Å²) in [5, 5.41) is 11.5. The van der Waals surface area contributed by atoms with Crippen LogP contribution in [-0.4, -0.2) is 31.0 Å². The standard InChI is InChI=1S/C19H19NO4S2/c1-22-16-8-13(9-17(23-2)18(16)24-3)15-11-26-19(25)20(15)10-12-4-6-14(21)7-5-12/h4-9,11,21H,10H2,1-3H3. The summed E-state index contributed by atoms with van der Waals surface area (Å²) in [5.74, 6) is 1.98. The molecular weight excluding hydrogens is 370 g/mol. The molecule has 1 heterocycles. The smallest absolute Gasteiger partial charge is 0.203 e. The molecule has 136 valence electrons. The van der Waals surface area contributed by atoms with E-state index in [1.54, 1.807) is 33.5 Å². The van der Waals surface area contributed by atoms with E-state index in [2.05, 4.69) is 0 Å². The number of methoxy groups -OCH3 is 3. The van der Waals surface area contributed by atoms with Crippen molar-refractivity contribution in [2.45, 2.75) is 6.54 Å². The van der Waals surface area contributed by atoms with E-state index in [1.165, 1.54) is 11.3 Å². The molecule has 3 aromatic rings. The van der Waals surface area contributed by atoms with Gasteiger partial charge in [0.25, 0.3) is 0 Å². The van der Waals surface area contributed by atoms with Crippen LogP contribution in [0.2, 0.25) is 0 Å². The van der Waals surface area contributed by atoms with Crippen molar-refractivity contribution in [1.82, 2.24) is 4.57 Å². The number of thiazole rings is 1. The van der Waals surface area contributed by atoms with Gasteiger partial charge in [-0.25, -0.2) is 0 Å². The summed E-state index contributed by atoms with van der Waals surface area (Å²) in [6.45, 7) is 0.606. The van der Waals surface area contributed by atoms with Gasteiger partial charge >= 0.3 is 0 Å². The minimum atomic E-state index is 0.243. The van der Waals surface area contributed by atoms with Crippen LogP contribution in [0.5, 0.6) is 23.0 Å². The zero-order valence-electron chi connectivity index (χ0n) is 14.7. The predicted octanol–water partition coefficient (Wildman–Crippen LogP) is 4.73. The molecule has 3 rings (SSSR count). The third-order valence-corrected chi connectivity index (χ3v) is 5.29. The Morgan fingerprint density at radius 2 is 1.62 bits per heavy atom. The lowest BCUT2D eigenvalue weighted by molar-refractivity contribution is 0.324. The van der Waals surface area contributed by atoms with Crippen molar-refractivity contribution >= 4 is 23.6 Å². The number of benzene rings is 2. The molecule has 0 spiro atoms. The Morgan fingerprint density at radius 3 is 2.15 bits per heavy atom. The van der Waals surface area contributed by atoms with Gasteiger partial charge in [-0.3, -0.25) is 0 Å². The third kappa shape index (κ3) is 3.54. The van der Waals surface area contributed by atoms with Crippen LogP contribution in [-0.2, 0) is 6.54 Å². The molecular formula is C19H19NO4S2. The maximum Gasteiger partial charge on any atom is 0.203 e. The van der Waals surface area contributed by atoms with Crippen molar-refractivity contribution in [3.8, 4) is 34.3 Å². The van der Waals surface area contributed by atoms with Crippen LogP contribution in [0.3, 0.4) is 0 Å². The molecule has 1 aromatic heterocycles. The Bertz CT molecular complexity index is 935. The lowest BCUT2D eigenvalue weighted by Crippen LogP contribution is -2.02. The number of aromatic hydroxyl groups is 1. The molecule has 0 atom stereocenters. The Labute approximate surface area is 161 Å². The molecule has 0 saturated carbocycles. The molecule has 5 nitrogen and oxygen atoms in total. The van der Waals surface area contributed by atoms with Crippen LogP contribution in [0.1, 0.15) is 5.56 Å². The number of hydrogen-bond donors (Lipinski definition) is 1. The molecule has 26 heavy (non-hydrogen) atoms. The van der Waals surface area contributed by atoms with Crippen LogP contribution < -0.4 is 14.2 Å². The minimum Gasteiger partial charge on any atom is -0.508 e. The Kier molecular flexibility index (Phi) is 5.49. The van der Waals surface area contributed by atoms with Gasteiger partial charge in [0.2, 0.25) is 5.75 Å². The summed E-state index contributed by atoms with van der Waals surface area (Å²) < 4.78 is 19.1. The van der Waals surface area contributed by atoms with Gasteiger partial charge in [0.15, 0.2) is 15.5 Å². The van der Waals surface area contributed by atoms with Gasteiger partial charge in [-0.05, 0) is 42.0 Å². The molecule has 0 bridgehead atoms. The van der Waals surface area contributed by atoms with Crippen molar-refractivity contribution in [2.24, 2.45) is 0 Å². The van der Waals surface area contributed by atoms with Crippen molar-refractivity contribution < 1.29 is 19.3 Å². The SMILES string of the molecule is COc1cc(-c2csc(=S)n2Cc2ccc(O)cc2)cc(OC)c1OC. The molecule has 7 heteroatoms. The van der Waals surface area contributed by atoms with E-state index in [-0.39, 0.29) is 5.75 Å². The van der Waals surface area contributed by atoms with Gasteiger partial charge in [-0.1, -0.05) is 12.1 Å². The fourth-order valence-corrected chi connectivity index (χ4v) is 3.79. The Morgan fingerprint density at radius 1 is 1.00 bits per heavy atom. The van der Waals surface area contributed by atoms with Gasteiger partial charge < -0.3 is 23.9 Å². The maximum atomic E-state index is 9.47. The number of ether oxygens (including phenoxy) is 3. The monoisotopic (exact) mass is 389 g/mol. The van der Waals surface area contributed by atoms with E-state index < -0.39 is 0 Å². The zero-order valence-corrected chi connectivity index (χ0v) is 16.3. The highest BCUT2D eigenvalue weighted by molar-refractivity contribution is 7.73. The first-order valence-electron chi connectivity index (χ1n) is 7.84. The summed E-state index contributed by atoms with van der Waals surface area (Å²) in [7, 11) is 4.77. The molecule has 1 N–H and O–H groups in total. The van der Waals surface area contributed by atoms with Gasteiger partial charge in [0.05, 0.1) is 27.0 Å². The number of phenolic OH excluding ortho intramolecular Hbond substituents is 1. The van der Waals surface area contributed by atoms with Gasteiger partial charge in [-0.15, -0.1) is 11.3 Å². The molecule has 0 aliphatic heterocycles. The second-order valence-corrected chi connectivity index (χ2v) is 7.06. The van der Waals surface area contributed by atoms with E-state index in [0.717, 1.165) is 20.8 Å². The van der Waals surface area contributed by atoms with Gasteiger partial charge in [0.1, 0.15) is 5.75 Å². The molecule has 0 aliphatic rings. The molecule has 0 aliphatic carbocycles. The van der Waals surface area contributed by atoms with E-state index in [1.807, 2.05) is 34.2 Å². The molecule has 2 aromatic carbocycles. The lowest BCUT2D eigenvalue weighted by atomic mass is 10.1. The topological polar surface area (TPSA) is 52.9 Å². The quantitative estimate of drug-likeness (QED) is 0.618. The Hall–Kier alpha value is -2.51. The first kappa shape index (κ1) is 18.3. The first-order chi connectivity index (χ1) is 12.6. The summed E-state index contributed by atoms with van der Waals surface area (Å²) in [4.78, 5) is 0. The maximum absolute atomic E-state index is 9.47. The molecule has 0 amide bonds. The van der Waals surface area contributed by atoms with E-state index in [9.17, 15) is 5.11 Å². The highest BCUT2D eigenvalue weighted by Crippen LogP contribution is 2.41. The lowest BCUT2D eigenvalue weighted by Gasteiger charge is -2.15. The molecule has 0 unspecified atom stereocenters. The Balaban J connectivity index is 2.08. The summed E-state index contributed by atoms with van der Waals surface area (Å²) in [5.41, 5.74) is 2.93. The predicted molar refractivity (Wildman–Crippen MR) is 105 cm³/mol. The van der Waals surface area contributed by atoms with Crippen LogP contribution >= 0.6 is 23.6 Å². The highest BCUT2D eigenvalue weighted by atomic mass is 32.1. The summed E-state index contributed by atoms with van der Waals surface area (Å²) in [6.07, 6.45) is 0. The average Bonchev–Trinajstić information content (AvgIpc) is 3.02. The van der Waals surface area contributed by atoms with Crippen LogP contribution in [0.15, 0.2) is 41.8 Å². The minimum absolute atomic E-state index is 0.243. The van der Waals surface area contributed by atoms with Crippen molar-refractivity contribution in [1.29, 1.82) is 0 Å². The normalized spacial score (nSPS) is 10.6. The van der Waals surface area contributed by atoms with Crippen molar-refractivity contribution in [3.05, 3.63) is 51.3 Å². The van der Waals surface area contributed by atoms with Crippen molar-refractivity contribution in [2.75, 3.05) is 21.3 Å². The van der Waals surface area contributed by atoms with E-state index in [0.29, 0.717) is 23.8 Å². The molecule has 0 fully saturated rings. The van der Waals surface area contributed by atoms with Gasteiger partial charge in [0, 0.05) is 17.5 Å². The number of phenols is 1. The second kappa shape index (κ2) is 7.80. The number of nitrogens with zero attached hydrogens (tertiary/aromatic N) is 1. The van der Waals surface area contributed by atoms with Gasteiger partial charge in [-0.2, -0.15) is 0 Å². The molecule has 0 saturated heterocycles. The fraction of sp³-hybridized carbons (Fsp3) is 0.211. The number of hydrogen-bond acceptors (Lipinski definition) is 6. The van der Waals surface area contributed by atoms with Crippen LogP contribution in [0.25, 0.3) is 11.3 Å². The zero-order chi connectivity index (χ0) is 18.7. The molecule has 0 radical (unpaired) electrons.